The molecule has 1 aliphatic rings. The second-order valence-electron chi connectivity index (χ2n) is 2.69. The minimum atomic E-state index is -0.447. The van der Waals surface area contributed by atoms with Crippen LogP contribution in [0.1, 0.15) is 0 Å². The summed E-state index contributed by atoms with van der Waals surface area (Å²) in [4.78, 5) is 18.3. The summed E-state index contributed by atoms with van der Waals surface area (Å²) in [7, 11) is 0. The summed E-state index contributed by atoms with van der Waals surface area (Å²) < 4.78 is 5.36. The first kappa shape index (κ1) is 9.33. The Balaban J connectivity index is 2.34. The highest BCUT2D eigenvalue weighted by Crippen LogP contribution is 2.04. The van der Waals surface area contributed by atoms with E-state index in [9.17, 15) is 4.79 Å². The summed E-state index contributed by atoms with van der Waals surface area (Å²) in [5, 5.41) is 1.97. The molecule has 2 amide bonds. The maximum absolute atomic E-state index is 10.8. The van der Waals surface area contributed by atoms with Crippen molar-refractivity contribution in [2.75, 3.05) is 11.9 Å². The summed E-state index contributed by atoms with van der Waals surface area (Å²) in [6, 6.07) is 4.77. The van der Waals surface area contributed by atoms with Crippen LogP contribution in [0, 0.1) is 0 Å². The number of urea groups is 1. The fourth-order valence-electron chi connectivity index (χ4n) is 1.16. The van der Waals surface area contributed by atoms with E-state index in [4.69, 9.17) is 4.74 Å². The molecule has 0 saturated heterocycles. The van der Waals surface area contributed by atoms with Crippen molar-refractivity contribution in [3.8, 4) is 5.75 Å². The normalized spacial score (nSPS) is 13.1. The number of halogens is 1. The van der Waals surface area contributed by atoms with Crippen molar-refractivity contribution in [2.24, 2.45) is 9.98 Å². The lowest BCUT2D eigenvalue weighted by Crippen LogP contribution is -2.21. The Morgan fingerprint density at radius 1 is 1.29 bits per heavy atom. The van der Waals surface area contributed by atoms with Gasteiger partial charge in [-0.2, -0.15) is 9.98 Å². The summed E-state index contributed by atoms with van der Waals surface area (Å²) in [5.74, 6) is 0.705. The molecule has 1 heterocycles. The summed E-state index contributed by atoms with van der Waals surface area (Å²) in [6.07, 6.45) is 0. The zero-order valence-corrected chi connectivity index (χ0v) is 8.82. The van der Waals surface area contributed by atoms with Crippen LogP contribution in [0.3, 0.4) is 0 Å². The fraction of sp³-hybridized carbons (Fsp3) is 0.222. The largest absolute Gasteiger partial charge is 0.493 e. The molecular weight excluding hydrogens is 248 g/mol. The van der Waals surface area contributed by atoms with E-state index in [-0.39, 0.29) is 0 Å². The molecule has 0 radical (unpaired) electrons. The van der Waals surface area contributed by atoms with E-state index in [0.717, 1.165) is 5.33 Å². The maximum atomic E-state index is 10.8. The molecule has 0 spiro atoms. The predicted octanol–water partition coefficient (Wildman–Crippen LogP) is 0.833. The van der Waals surface area contributed by atoms with Gasteiger partial charge in [-0.3, -0.25) is 0 Å². The van der Waals surface area contributed by atoms with Gasteiger partial charge in [-0.15, -0.1) is 0 Å². The SMILES string of the molecule is O=C1N=c2ccc(OCCBr)cc2=N1. The summed E-state index contributed by atoms with van der Waals surface area (Å²) in [6.45, 7) is 0.587. The van der Waals surface area contributed by atoms with Gasteiger partial charge in [0.25, 0.3) is 0 Å². The first-order valence-electron chi connectivity index (χ1n) is 4.10. The predicted molar refractivity (Wildman–Crippen MR) is 53.4 cm³/mol. The molecule has 0 N–H and O–H groups in total. The number of carbonyl (C=O) groups excluding carboxylic acids is 1. The van der Waals surface area contributed by atoms with Crippen LogP contribution in [0.25, 0.3) is 0 Å². The van der Waals surface area contributed by atoms with Crippen LogP contribution >= 0.6 is 15.9 Å². The number of carbonyl (C=O) groups is 1. The number of rotatable bonds is 3. The van der Waals surface area contributed by atoms with Crippen LogP contribution < -0.4 is 15.5 Å². The quantitative estimate of drug-likeness (QED) is 0.751. The maximum Gasteiger partial charge on any atom is 0.368 e. The third-order valence-corrected chi connectivity index (χ3v) is 2.05. The number of amides is 2. The van der Waals surface area contributed by atoms with Gasteiger partial charge in [-0.1, -0.05) is 15.9 Å². The van der Waals surface area contributed by atoms with Crippen LogP contribution in [-0.4, -0.2) is 18.0 Å². The molecule has 14 heavy (non-hydrogen) atoms. The minimum absolute atomic E-state index is 0.447. The lowest BCUT2D eigenvalue weighted by molar-refractivity contribution is 0.256. The molecule has 1 aromatic carbocycles. The Hall–Kier alpha value is -1.23. The van der Waals surface area contributed by atoms with Crippen LogP contribution in [0.2, 0.25) is 0 Å². The van der Waals surface area contributed by atoms with E-state index < -0.39 is 6.03 Å². The number of nitrogens with zero attached hydrogens (tertiary/aromatic N) is 2. The molecule has 1 aromatic rings. The smallest absolute Gasteiger partial charge is 0.368 e. The highest BCUT2D eigenvalue weighted by molar-refractivity contribution is 9.09. The highest BCUT2D eigenvalue weighted by atomic mass is 79.9. The average Bonchev–Trinajstić information content (AvgIpc) is 2.54. The number of benzene rings is 1. The molecule has 0 atom stereocenters. The zero-order valence-electron chi connectivity index (χ0n) is 7.24. The van der Waals surface area contributed by atoms with Crippen LogP contribution in [0.5, 0.6) is 5.75 Å². The third kappa shape index (κ3) is 1.82. The number of hydrogen-bond donors (Lipinski definition) is 0. The Labute approximate surface area is 88.5 Å². The lowest BCUT2D eigenvalue weighted by atomic mass is 10.3. The van der Waals surface area contributed by atoms with E-state index in [2.05, 4.69) is 25.9 Å². The van der Waals surface area contributed by atoms with Gasteiger partial charge in [0.1, 0.15) is 5.75 Å². The highest BCUT2D eigenvalue weighted by Gasteiger charge is 2.05. The van der Waals surface area contributed by atoms with Gasteiger partial charge < -0.3 is 4.74 Å². The van der Waals surface area contributed by atoms with Gasteiger partial charge in [0.05, 0.1) is 17.3 Å². The van der Waals surface area contributed by atoms with Crippen molar-refractivity contribution in [2.45, 2.75) is 0 Å². The van der Waals surface area contributed by atoms with E-state index in [1.165, 1.54) is 0 Å². The average molecular weight is 255 g/mol. The molecule has 0 saturated carbocycles. The molecule has 2 rings (SSSR count). The topological polar surface area (TPSA) is 51.0 Å². The monoisotopic (exact) mass is 254 g/mol. The van der Waals surface area contributed by atoms with Crippen molar-refractivity contribution in [3.63, 3.8) is 0 Å². The minimum Gasteiger partial charge on any atom is -0.493 e. The summed E-state index contributed by atoms with van der Waals surface area (Å²) in [5.41, 5.74) is 0. The van der Waals surface area contributed by atoms with Gasteiger partial charge in [0.15, 0.2) is 0 Å². The molecule has 1 aliphatic heterocycles. The molecule has 0 aliphatic carbocycles. The van der Waals surface area contributed by atoms with Gasteiger partial charge in [-0.25, -0.2) is 4.79 Å². The Morgan fingerprint density at radius 2 is 2.07 bits per heavy atom. The van der Waals surface area contributed by atoms with Crippen LogP contribution in [-0.2, 0) is 0 Å². The van der Waals surface area contributed by atoms with Gasteiger partial charge >= 0.3 is 6.03 Å². The molecule has 4 nitrogen and oxygen atoms in total. The number of hydrogen-bond acceptors (Lipinski definition) is 2. The summed E-state index contributed by atoms with van der Waals surface area (Å²) >= 11 is 3.26. The molecule has 5 heteroatoms. The van der Waals surface area contributed by atoms with E-state index in [0.29, 0.717) is 23.1 Å². The number of alkyl halides is 1. The second-order valence-corrected chi connectivity index (χ2v) is 3.49. The molecule has 0 unspecified atom stereocenters. The van der Waals surface area contributed by atoms with Crippen molar-refractivity contribution < 1.29 is 9.53 Å². The van der Waals surface area contributed by atoms with Crippen molar-refractivity contribution in [1.29, 1.82) is 0 Å². The first-order chi connectivity index (χ1) is 6.79. The first-order valence-corrected chi connectivity index (χ1v) is 5.22. The third-order valence-electron chi connectivity index (χ3n) is 1.72. The Kier molecular flexibility index (Phi) is 2.58. The molecule has 0 fully saturated rings. The standard InChI is InChI=1S/C9H7BrN2O2/c10-3-4-14-6-1-2-7-8(5-6)12-9(13)11-7/h1-2,5H,3-4H2. The van der Waals surface area contributed by atoms with Crippen molar-refractivity contribution in [1.82, 2.24) is 0 Å². The van der Waals surface area contributed by atoms with Crippen molar-refractivity contribution >= 4 is 22.0 Å². The Morgan fingerprint density at radius 3 is 2.86 bits per heavy atom. The Bertz CT molecular complexity index is 484. The molecule has 72 valence electrons. The van der Waals surface area contributed by atoms with Gasteiger partial charge in [0, 0.05) is 11.4 Å². The number of fused-ring (bicyclic) bond motifs is 1. The zero-order chi connectivity index (χ0) is 9.97. The van der Waals surface area contributed by atoms with E-state index in [1.54, 1.807) is 18.2 Å². The lowest BCUT2D eigenvalue weighted by Gasteiger charge is -2.01. The van der Waals surface area contributed by atoms with Crippen LogP contribution in [0.15, 0.2) is 28.2 Å². The van der Waals surface area contributed by atoms with E-state index >= 15 is 0 Å². The van der Waals surface area contributed by atoms with Crippen LogP contribution in [0.4, 0.5) is 4.79 Å². The van der Waals surface area contributed by atoms with E-state index in [1.807, 2.05) is 0 Å². The van der Waals surface area contributed by atoms with Crippen molar-refractivity contribution in [3.05, 3.63) is 28.9 Å². The van der Waals surface area contributed by atoms with Gasteiger partial charge in [0.2, 0.25) is 0 Å². The molecular formula is C9H7BrN2O2. The fourth-order valence-corrected chi connectivity index (χ4v) is 1.33. The second kappa shape index (κ2) is 3.88. The molecule has 0 aromatic heterocycles. The number of ether oxygens (including phenoxy) is 1. The van der Waals surface area contributed by atoms with Gasteiger partial charge in [-0.05, 0) is 12.1 Å². The molecule has 0 bridgehead atoms.